The Bertz CT molecular complexity index is 837. The maximum Gasteiger partial charge on any atom is 0.361 e. The number of rotatable bonds is 3. The van der Waals surface area contributed by atoms with Gasteiger partial charge in [0.2, 0.25) is 0 Å². The van der Waals surface area contributed by atoms with Gasteiger partial charge >= 0.3 is 11.9 Å². The highest BCUT2D eigenvalue weighted by molar-refractivity contribution is 6.38. The highest BCUT2D eigenvalue weighted by Crippen LogP contribution is 2.52. The van der Waals surface area contributed by atoms with E-state index in [0.29, 0.717) is 5.57 Å². The summed E-state index contributed by atoms with van der Waals surface area (Å²) in [7, 11) is 2.38. The number of carbonyl (C=O) groups excluding carboxylic acids is 2. The molecule has 2 bridgehead atoms. The smallest absolute Gasteiger partial charge is 0.361 e. The first-order valence-corrected chi connectivity index (χ1v) is 8.33. The van der Waals surface area contributed by atoms with Crippen LogP contribution in [0.25, 0.3) is 6.08 Å². The van der Waals surface area contributed by atoms with E-state index in [1.165, 1.54) is 7.11 Å². The normalized spacial score (nSPS) is 35.2. The highest BCUT2D eigenvalue weighted by Gasteiger charge is 2.68. The molecule has 4 rings (SSSR count). The molecule has 9 nitrogen and oxygen atoms in total. The van der Waals surface area contributed by atoms with Crippen LogP contribution in [0.2, 0.25) is 0 Å². The second kappa shape index (κ2) is 6.45. The maximum atomic E-state index is 12.3. The minimum Gasteiger partial charge on any atom is -0.465 e. The van der Waals surface area contributed by atoms with Crippen LogP contribution >= 0.6 is 0 Å². The van der Waals surface area contributed by atoms with Crippen LogP contribution in [0, 0.1) is 11.8 Å². The standard InChI is InChI=1S/C18H18N2O7/c1-24-16(21)13-11-12(18(23,20-19-13)17(22)25-2)15-10(14(11)26-27-15)8-9-6-4-3-5-7-9/h3-8,11-12,14-15,20,23H,1-2H3/t11-,12-,14-,15+,18?/m1/s1. The first-order valence-electron chi connectivity index (χ1n) is 8.33. The van der Waals surface area contributed by atoms with E-state index in [2.05, 4.69) is 10.5 Å². The molecule has 1 unspecified atom stereocenters. The van der Waals surface area contributed by atoms with Gasteiger partial charge in [-0.1, -0.05) is 36.4 Å². The lowest BCUT2D eigenvalue weighted by Gasteiger charge is -2.41. The molecule has 3 aliphatic rings. The molecule has 0 aromatic heterocycles. The van der Waals surface area contributed by atoms with Crippen molar-refractivity contribution in [3.63, 3.8) is 0 Å². The minimum atomic E-state index is -2.17. The zero-order valence-corrected chi connectivity index (χ0v) is 14.6. The molecular weight excluding hydrogens is 356 g/mol. The zero-order chi connectivity index (χ0) is 19.2. The highest BCUT2D eigenvalue weighted by atomic mass is 17.2. The van der Waals surface area contributed by atoms with Gasteiger partial charge in [0, 0.05) is 0 Å². The molecular formula is C18H18N2O7. The van der Waals surface area contributed by atoms with Gasteiger partial charge in [-0.25, -0.2) is 19.4 Å². The predicted octanol–water partition coefficient (Wildman–Crippen LogP) is 0.00880. The van der Waals surface area contributed by atoms with Crippen molar-refractivity contribution in [2.45, 2.75) is 17.9 Å². The third-order valence-electron chi connectivity index (χ3n) is 5.13. The number of benzene rings is 1. The summed E-state index contributed by atoms with van der Waals surface area (Å²) >= 11 is 0. The topological polar surface area (TPSA) is 116 Å². The van der Waals surface area contributed by atoms with Crippen LogP contribution in [-0.2, 0) is 28.8 Å². The average molecular weight is 374 g/mol. The molecule has 0 spiro atoms. The van der Waals surface area contributed by atoms with Crippen LogP contribution in [0.15, 0.2) is 41.0 Å². The van der Waals surface area contributed by atoms with Gasteiger partial charge in [0.15, 0.2) is 5.71 Å². The predicted molar refractivity (Wildman–Crippen MR) is 90.7 cm³/mol. The lowest BCUT2D eigenvalue weighted by atomic mass is 9.79. The molecule has 0 radical (unpaired) electrons. The molecule has 0 amide bonds. The van der Waals surface area contributed by atoms with Crippen molar-refractivity contribution < 1.29 is 33.9 Å². The number of carbonyl (C=O) groups is 2. The molecule has 1 aromatic carbocycles. The molecule has 27 heavy (non-hydrogen) atoms. The summed E-state index contributed by atoms with van der Waals surface area (Å²) in [6, 6.07) is 9.44. The van der Waals surface area contributed by atoms with Crippen LogP contribution in [-0.4, -0.2) is 54.9 Å². The van der Waals surface area contributed by atoms with Crippen LogP contribution in [0.3, 0.4) is 0 Å². The van der Waals surface area contributed by atoms with E-state index in [9.17, 15) is 14.7 Å². The first-order chi connectivity index (χ1) is 13.0. The Morgan fingerprint density at radius 1 is 1.19 bits per heavy atom. The number of methoxy groups -OCH3 is 2. The Morgan fingerprint density at radius 3 is 2.56 bits per heavy atom. The lowest BCUT2D eigenvalue weighted by molar-refractivity contribution is -0.348. The number of ether oxygens (including phenoxy) is 2. The van der Waals surface area contributed by atoms with E-state index in [0.717, 1.165) is 12.7 Å². The fraction of sp³-hybridized carbons (Fsp3) is 0.389. The van der Waals surface area contributed by atoms with Gasteiger partial charge in [-0.2, -0.15) is 5.10 Å². The van der Waals surface area contributed by atoms with E-state index in [-0.39, 0.29) is 5.71 Å². The number of hydrogen-bond donors (Lipinski definition) is 2. The number of nitrogens with one attached hydrogen (secondary N) is 1. The molecule has 2 N–H and O–H groups in total. The molecule has 1 saturated heterocycles. The summed E-state index contributed by atoms with van der Waals surface area (Å²) in [4.78, 5) is 35.2. The summed E-state index contributed by atoms with van der Waals surface area (Å²) in [5.41, 5.74) is 1.79. The Balaban J connectivity index is 1.81. The molecule has 1 aromatic rings. The Labute approximate surface area is 154 Å². The van der Waals surface area contributed by atoms with Gasteiger partial charge in [-0.05, 0) is 11.1 Å². The third kappa shape index (κ3) is 2.54. The molecule has 1 aliphatic carbocycles. The molecule has 1 saturated carbocycles. The SMILES string of the molecule is COC(=O)C1=NNC(O)(C(=O)OC)[C@@H]2[C@H]1[C@@H]1OO[C@H]2C1=Cc1ccccc1. The van der Waals surface area contributed by atoms with Gasteiger partial charge in [0.1, 0.15) is 12.2 Å². The largest absolute Gasteiger partial charge is 0.465 e. The molecule has 9 heteroatoms. The van der Waals surface area contributed by atoms with Crippen molar-refractivity contribution in [2.75, 3.05) is 14.2 Å². The second-order valence-corrected chi connectivity index (χ2v) is 6.50. The summed E-state index contributed by atoms with van der Waals surface area (Å²) in [5, 5.41) is 14.9. The Morgan fingerprint density at radius 2 is 1.89 bits per heavy atom. The first kappa shape index (κ1) is 17.7. The minimum absolute atomic E-state index is 0.0193. The molecule has 2 aliphatic heterocycles. The lowest BCUT2D eigenvalue weighted by Crippen LogP contribution is -2.66. The monoisotopic (exact) mass is 374 g/mol. The van der Waals surface area contributed by atoms with Crippen LogP contribution in [0.1, 0.15) is 5.56 Å². The van der Waals surface area contributed by atoms with E-state index in [1.807, 2.05) is 36.4 Å². The van der Waals surface area contributed by atoms with E-state index >= 15 is 0 Å². The Hall–Kier alpha value is -2.75. The van der Waals surface area contributed by atoms with Gasteiger partial charge < -0.3 is 14.6 Å². The van der Waals surface area contributed by atoms with Crippen LogP contribution in [0.5, 0.6) is 0 Å². The number of nitrogens with zero attached hydrogens (tertiary/aromatic N) is 1. The van der Waals surface area contributed by atoms with Gasteiger partial charge in [0.05, 0.1) is 26.1 Å². The molecule has 2 heterocycles. The summed E-state index contributed by atoms with van der Waals surface area (Å²) in [6.07, 6.45) is 0.385. The van der Waals surface area contributed by atoms with Crippen molar-refractivity contribution in [2.24, 2.45) is 16.9 Å². The van der Waals surface area contributed by atoms with Crippen molar-refractivity contribution in [1.29, 1.82) is 0 Å². The van der Waals surface area contributed by atoms with Crippen molar-refractivity contribution in [3.8, 4) is 0 Å². The van der Waals surface area contributed by atoms with Gasteiger partial charge in [0.25, 0.3) is 5.72 Å². The van der Waals surface area contributed by atoms with Gasteiger partial charge in [-0.15, -0.1) is 0 Å². The summed E-state index contributed by atoms with van der Waals surface area (Å²) in [6.45, 7) is 0. The molecule has 5 atom stereocenters. The van der Waals surface area contributed by atoms with Crippen molar-refractivity contribution in [3.05, 3.63) is 41.5 Å². The van der Waals surface area contributed by atoms with Crippen molar-refractivity contribution in [1.82, 2.24) is 5.43 Å². The van der Waals surface area contributed by atoms with Crippen LogP contribution in [0.4, 0.5) is 0 Å². The molecule has 142 valence electrons. The quantitative estimate of drug-likeness (QED) is 0.562. The van der Waals surface area contributed by atoms with E-state index < -0.39 is 41.7 Å². The second-order valence-electron chi connectivity index (χ2n) is 6.50. The number of hydrazone groups is 1. The number of esters is 2. The van der Waals surface area contributed by atoms with E-state index in [1.54, 1.807) is 0 Å². The number of hydrogen-bond acceptors (Lipinski definition) is 9. The maximum absolute atomic E-state index is 12.3. The van der Waals surface area contributed by atoms with Crippen molar-refractivity contribution >= 4 is 23.7 Å². The van der Waals surface area contributed by atoms with Gasteiger partial charge in [-0.3, -0.25) is 5.43 Å². The molecule has 2 fully saturated rings. The fourth-order valence-corrected chi connectivity index (χ4v) is 3.92. The number of fused-ring (bicyclic) bond motifs is 5. The Kier molecular flexibility index (Phi) is 4.22. The number of aliphatic hydroxyl groups is 1. The average Bonchev–Trinajstić information content (AvgIpc) is 3.23. The zero-order valence-electron chi connectivity index (χ0n) is 14.6. The fourth-order valence-electron chi connectivity index (χ4n) is 3.92. The third-order valence-corrected chi connectivity index (χ3v) is 5.13. The van der Waals surface area contributed by atoms with E-state index in [4.69, 9.17) is 19.2 Å². The summed E-state index contributed by atoms with van der Waals surface area (Å²) in [5.74, 6) is -3.23. The van der Waals surface area contributed by atoms with Crippen LogP contribution < -0.4 is 5.43 Å². The summed E-state index contributed by atoms with van der Waals surface area (Å²) < 4.78 is 9.52.